The van der Waals surface area contributed by atoms with Crippen LogP contribution in [0, 0.1) is 5.92 Å². The second kappa shape index (κ2) is 6.69. The zero-order valence-corrected chi connectivity index (χ0v) is 12.6. The Bertz CT molecular complexity index is 375. The van der Waals surface area contributed by atoms with Crippen molar-refractivity contribution in [2.24, 2.45) is 5.92 Å². The van der Waals surface area contributed by atoms with E-state index in [1.54, 1.807) is 0 Å². The summed E-state index contributed by atoms with van der Waals surface area (Å²) in [5.74, 6) is 0.542. The summed E-state index contributed by atoms with van der Waals surface area (Å²) in [6, 6.07) is 9.20. The molecule has 100 valence electrons. The van der Waals surface area contributed by atoms with Crippen molar-refractivity contribution in [3.8, 4) is 0 Å². The molecule has 0 saturated heterocycles. The van der Waals surface area contributed by atoms with Gasteiger partial charge in [-0.3, -0.25) is 4.90 Å². The van der Waals surface area contributed by atoms with E-state index in [0.29, 0.717) is 18.6 Å². The lowest BCUT2D eigenvalue weighted by Gasteiger charge is -2.34. The summed E-state index contributed by atoms with van der Waals surface area (Å²) in [5, 5.41) is 9.16. The van der Waals surface area contributed by atoms with E-state index in [4.69, 9.17) is 5.11 Å². The summed E-state index contributed by atoms with van der Waals surface area (Å²) in [4.78, 5) is 2.45. The zero-order chi connectivity index (χ0) is 13.0. The van der Waals surface area contributed by atoms with Gasteiger partial charge in [-0.25, -0.2) is 0 Å². The van der Waals surface area contributed by atoms with E-state index in [9.17, 15) is 0 Å². The summed E-state index contributed by atoms with van der Waals surface area (Å²) in [6.07, 6.45) is 4.78. The average Bonchev–Trinajstić information content (AvgIpc) is 2.39. The van der Waals surface area contributed by atoms with Crippen molar-refractivity contribution in [3.63, 3.8) is 0 Å². The molecule has 1 N–H and O–H groups in total. The van der Waals surface area contributed by atoms with Crippen LogP contribution in [0.25, 0.3) is 0 Å². The van der Waals surface area contributed by atoms with Crippen molar-refractivity contribution in [3.05, 3.63) is 34.3 Å². The zero-order valence-electron chi connectivity index (χ0n) is 11.0. The number of hydrogen-bond acceptors (Lipinski definition) is 2. The Labute approximate surface area is 118 Å². The third kappa shape index (κ3) is 3.81. The summed E-state index contributed by atoms with van der Waals surface area (Å²) in [6.45, 7) is 1.37. The first-order valence-electron chi connectivity index (χ1n) is 6.74. The van der Waals surface area contributed by atoms with Gasteiger partial charge in [-0.05, 0) is 56.3 Å². The van der Waals surface area contributed by atoms with Gasteiger partial charge in [0.1, 0.15) is 0 Å². The summed E-state index contributed by atoms with van der Waals surface area (Å²) in [7, 11) is 2.21. The van der Waals surface area contributed by atoms with Crippen LogP contribution >= 0.6 is 15.9 Å². The largest absolute Gasteiger partial charge is 0.396 e. The van der Waals surface area contributed by atoms with Crippen molar-refractivity contribution >= 4 is 15.9 Å². The molecule has 3 heteroatoms. The number of halogens is 1. The summed E-state index contributed by atoms with van der Waals surface area (Å²) >= 11 is 3.52. The standard InChI is InChI=1S/C15H22BrNO/c1-17(10-13-3-2-4-14(16)9-13)15-7-5-12(11-18)6-8-15/h2-4,9,12,15,18H,5-8,10-11H2,1H3. The molecule has 1 aromatic rings. The van der Waals surface area contributed by atoms with Crippen LogP contribution in [0.4, 0.5) is 0 Å². The first-order chi connectivity index (χ1) is 8.69. The van der Waals surface area contributed by atoms with Gasteiger partial charge in [0.05, 0.1) is 0 Å². The smallest absolute Gasteiger partial charge is 0.0459 e. The van der Waals surface area contributed by atoms with E-state index in [2.05, 4.69) is 52.1 Å². The molecule has 2 nitrogen and oxygen atoms in total. The van der Waals surface area contributed by atoms with Gasteiger partial charge < -0.3 is 5.11 Å². The highest BCUT2D eigenvalue weighted by atomic mass is 79.9. The Hall–Kier alpha value is -0.380. The van der Waals surface area contributed by atoms with Gasteiger partial charge >= 0.3 is 0 Å². The third-order valence-corrected chi connectivity index (χ3v) is 4.51. The molecule has 0 radical (unpaired) electrons. The lowest BCUT2D eigenvalue weighted by Crippen LogP contribution is -2.35. The number of hydrogen-bond donors (Lipinski definition) is 1. The van der Waals surface area contributed by atoms with Crippen LogP contribution in [-0.4, -0.2) is 29.7 Å². The van der Waals surface area contributed by atoms with Crippen molar-refractivity contribution in [2.75, 3.05) is 13.7 Å². The Kier molecular flexibility index (Phi) is 5.22. The maximum absolute atomic E-state index is 9.16. The average molecular weight is 312 g/mol. The first-order valence-corrected chi connectivity index (χ1v) is 7.54. The Morgan fingerprint density at radius 3 is 2.61 bits per heavy atom. The van der Waals surface area contributed by atoms with E-state index in [0.717, 1.165) is 11.0 Å². The molecule has 0 unspecified atom stereocenters. The maximum Gasteiger partial charge on any atom is 0.0459 e. The maximum atomic E-state index is 9.16. The van der Waals surface area contributed by atoms with Gasteiger partial charge in [0.15, 0.2) is 0 Å². The van der Waals surface area contributed by atoms with E-state index >= 15 is 0 Å². The number of aliphatic hydroxyl groups is 1. The van der Waals surface area contributed by atoms with Gasteiger partial charge in [0.25, 0.3) is 0 Å². The molecule has 0 aromatic heterocycles. The van der Waals surface area contributed by atoms with Crippen LogP contribution in [0.2, 0.25) is 0 Å². The predicted octanol–water partition coefficient (Wildman–Crippen LogP) is 3.43. The molecule has 1 aromatic carbocycles. The van der Waals surface area contributed by atoms with Crippen LogP contribution in [0.1, 0.15) is 31.2 Å². The van der Waals surface area contributed by atoms with E-state index in [1.165, 1.54) is 31.2 Å². The normalized spacial score (nSPS) is 24.4. The number of nitrogens with zero attached hydrogens (tertiary/aromatic N) is 1. The lowest BCUT2D eigenvalue weighted by atomic mass is 9.86. The quantitative estimate of drug-likeness (QED) is 0.921. The fraction of sp³-hybridized carbons (Fsp3) is 0.600. The SMILES string of the molecule is CN(Cc1cccc(Br)c1)C1CCC(CO)CC1. The van der Waals surface area contributed by atoms with Gasteiger partial charge in [-0.15, -0.1) is 0 Å². The van der Waals surface area contributed by atoms with E-state index in [-0.39, 0.29) is 0 Å². The molecule has 0 atom stereocenters. The Balaban J connectivity index is 1.87. The van der Waals surface area contributed by atoms with Crippen molar-refractivity contribution in [1.29, 1.82) is 0 Å². The number of aliphatic hydroxyl groups excluding tert-OH is 1. The molecule has 1 fully saturated rings. The van der Waals surface area contributed by atoms with Gasteiger partial charge in [0.2, 0.25) is 0 Å². The third-order valence-electron chi connectivity index (χ3n) is 4.02. The summed E-state index contributed by atoms with van der Waals surface area (Å²) in [5.41, 5.74) is 1.36. The highest BCUT2D eigenvalue weighted by Gasteiger charge is 2.23. The molecule has 0 spiro atoms. The topological polar surface area (TPSA) is 23.5 Å². The molecule has 1 aliphatic carbocycles. The molecule has 18 heavy (non-hydrogen) atoms. The minimum Gasteiger partial charge on any atom is -0.396 e. The molecule has 0 aliphatic heterocycles. The van der Waals surface area contributed by atoms with E-state index in [1.807, 2.05) is 0 Å². The second-order valence-corrected chi connectivity index (χ2v) is 6.32. The highest BCUT2D eigenvalue weighted by Crippen LogP contribution is 2.27. The van der Waals surface area contributed by atoms with Crippen LogP contribution in [-0.2, 0) is 6.54 Å². The minimum absolute atomic E-state index is 0.363. The van der Waals surface area contributed by atoms with Crippen LogP contribution < -0.4 is 0 Å². The van der Waals surface area contributed by atoms with Crippen LogP contribution in [0.5, 0.6) is 0 Å². The van der Waals surface area contributed by atoms with Gasteiger partial charge in [0, 0.05) is 23.7 Å². The number of benzene rings is 1. The van der Waals surface area contributed by atoms with E-state index < -0.39 is 0 Å². The molecule has 1 saturated carbocycles. The molecular formula is C15H22BrNO. The molecule has 0 amide bonds. The Morgan fingerprint density at radius 2 is 2.00 bits per heavy atom. The minimum atomic E-state index is 0.363. The second-order valence-electron chi connectivity index (χ2n) is 5.40. The predicted molar refractivity (Wildman–Crippen MR) is 78.4 cm³/mol. The summed E-state index contributed by atoms with van der Waals surface area (Å²) < 4.78 is 1.15. The lowest BCUT2D eigenvalue weighted by molar-refractivity contribution is 0.124. The van der Waals surface area contributed by atoms with Gasteiger partial charge in [-0.1, -0.05) is 28.1 Å². The van der Waals surface area contributed by atoms with Crippen molar-refractivity contribution in [1.82, 2.24) is 4.90 Å². The first kappa shape index (κ1) is 14.0. The van der Waals surface area contributed by atoms with Gasteiger partial charge in [-0.2, -0.15) is 0 Å². The van der Waals surface area contributed by atoms with Crippen LogP contribution in [0.3, 0.4) is 0 Å². The molecule has 0 heterocycles. The van der Waals surface area contributed by atoms with Crippen molar-refractivity contribution in [2.45, 2.75) is 38.3 Å². The molecule has 1 aliphatic rings. The fourth-order valence-electron chi connectivity index (χ4n) is 2.82. The molecule has 0 bridgehead atoms. The monoisotopic (exact) mass is 311 g/mol. The fourth-order valence-corrected chi connectivity index (χ4v) is 3.27. The molecule has 2 rings (SSSR count). The highest BCUT2D eigenvalue weighted by molar-refractivity contribution is 9.10. The van der Waals surface area contributed by atoms with Crippen LogP contribution in [0.15, 0.2) is 28.7 Å². The number of rotatable bonds is 4. The van der Waals surface area contributed by atoms with Crippen molar-refractivity contribution < 1.29 is 5.11 Å². The Morgan fingerprint density at radius 1 is 1.28 bits per heavy atom. The molecular weight excluding hydrogens is 290 g/mol.